The molecule has 106 valence electrons. The lowest BCUT2D eigenvalue weighted by Gasteiger charge is -2.24. The number of aromatic nitrogens is 2. The molecular formula is C12H20N4O3. The summed E-state index contributed by atoms with van der Waals surface area (Å²) in [7, 11) is 1.62. The van der Waals surface area contributed by atoms with E-state index in [0.717, 1.165) is 19.4 Å². The van der Waals surface area contributed by atoms with E-state index in [2.05, 4.69) is 15.5 Å². The summed E-state index contributed by atoms with van der Waals surface area (Å²) in [5.74, 6) is 0.309. The Labute approximate surface area is 112 Å². The van der Waals surface area contributed by atoms with Crippen molar-refractivity contribution in [2.75, 3.05) is 33.4 Å². The van der Waals surface area contributed by atoms with Crippen LogP contribution in [0.25, 0.3) is 0 Å². The predicted octanol–water partition coefficient (Wildman–Crippen LogP) is 0.219. The first kappa shape index (κ1) is 14.0. The number of methoxy groups -OCH3 is 1. The van der Waals surface area contributed by atoms with Gasteiger partial charge in [-0.2, -0.15) is 4.98 Å². The van der Waals surface area contributed by atoms with Crippen molar-refractivity contribution in [3.05, 3.63) is 11.7 Å². The van der Waals surface area contributed by atoms with E-state index < -0.39 is 0 Å². The van der Waals surface area contributed by atoms with Crippen LogP contribution in [0, 0.1) is 6.92 Å². The summed E-state index contributed by atoms with van der Waals surface area (Å²) in [4.78, 5) is 18.0. The summed E-state index contributed by atoms with van der Waals surface area (Å²) >= 11 is 0. The molecule has 1 amide bonds. The highest BCUT2D eigenvalue weighted by Gasteiger charge is 2.25. The van der Waals surface area contributed by atoms with Crippen LogP contribution in [-0.4, -0.2) is 60.3 Å². The van der Waals surface area contributed by atoms with Gasteiger partial charge in [-0.25, -0.2) is 0 Å². The molecule has 0 bridgehead atoms. The minimum atomic E-state index is -0.206. The summed E-state index contributed by atoms with van der Waals surface area (Å²) in [5.41, 5.74) is 0. The zero-order chi connectivity index (χ0) is 13.7. The monoisotopic (exact) mass is 268 g/mol. The van der Waals surface area contributed by atoms with E-state index in [4.69, 9.17) is 9.26 Å². The second-order valence-electron chi connectivity index (χ2n) is 4.67. The number of aryl methyl sites for hydroxylation is 1. The highest BCUT2D eigenvalue weighted by molar-refractivity contribution is 5.90. The maximum atomic E-state index is 12.3. The van der Waals surface area contributed by atoms with Gasteiger partial charge in [0.1, 0.15) is 0 Å². The molecule has 0 aliphatic carbocycles. The van der Waals surface area contributed by atoms with Crippen molar-refractivity contribution in [3.63, 3.8) is 0 Å². The Morgan fingerprint density at radius 3 is 3.05 bits per heavy atom. The molecule has 2 heterocycles. The highest BCUT2D eigenvalue weighted by atomic mass is 16.5. The van der Waals surface area contributed by atoms with E-state index >= 15 is 0 Å². The first-order valence-corrected chi connectivity index (χ1v) is 6.52. The number of hydrogen-bond acceptors (Lipinski definition) is 6. The second-order valence-corrected chi connectivity index (χ2v) is 4.67. The number of carbonyl (C=O) groups excluding carboxylic acids is 1. The molecule has 19 heavy (non-hydrogen) atoms. The minimum absolute atomic E-state index is 0.117. The van der Waals surface area contributed by atoms with Crippen LogP contribution in [0.4, 0.5) is 0 Å². The van der Waals surface area contributed by atoms with Crippen molar-refractivity contribution in [1.29, 1.82) is 0 Å². The summed E-state index contributed by atoms with van der Waals surface area (Å²) in [6, 6.07) is 0.341. The molecule has 0 radical (unpaired) electrons. The lowest BCUT2D eigenvalue weighted by atomic mass is 10.2. The van der Waals surface area contributed by atoms with Crippen LogP contribution in [0.1, 0.15) is 29.4 Å². The summed E-state index contributed by atoms with van der Waals surface area (Å²) in [6.45, 7) is 4.35. The molecule has 1 N–H and O–H groups in total. The molecule has 7 nitrogen and oxygen atoms in total. The van der Waals surface area contributed by atoms with Gasteiger partial charge in [-0.15, -0.1) is 0 Å². The molecule has 1 fully saturated rings. The van der Waals surface area contributed by atoms with Crippen LogP contribution in [0.15, 0.2) is 4.52 Å². The van der Waals surface area contributed by atoms with E-state index in [1.807, 2.05) is 0 Å². The molecule has 1 aromatic heterocycles. The lowest BCUT2D eigenvalue weighted by Crippen LogP contribution is -2.43. The Balaban J connectivity index is 2.00. The molecule has 7 heteroatoms. The van der Waals surface area contributed by atoms with Crippen LogP contribution in [-0.2, 0) is 4.74 Å². The van der Waals surface area contributed by atoms with Crippen LogP contribution in [0.5, 0.6) is 0 Å². The van der Waals surface area contributed by atoms with Gasteiger partial charge in [0.05, 0.1) is 6.61 Å². The average Bonchev–Trinajstić information content (AvgIpc) is 3.05. The third-order valence-corrected chi connectivity index (χ3v) is 3.17. The summed E-state index contributed by atoms with van der Waals surface area (Å²) in [6.07, 6.45) is 2.24. The van der Waals surface area contributed by atoms with E-state index in [1.165, 1.54) is 0 Å². The lowest BCUT2D eigenvalue weighted by molar-refractivity contribution is 0.0664. The number of amides is 1. The SMILES string of the molecule is COCCN(CC1CCCN1)C(=O)c1noc(C)n1. The highest BCUT2D eigenvalue weighted by Crippen LogP contribution is 2.09. The summed E-state index contributed by atoms with van der Waals surface area (Å²) in [5, 5.41) is 7.06. The summed E-state index contributed by atoms with van der Waals surface area (Å²) < 4.78 is 9.90. The average molecular weight is 268 g/mol. The van der Waals surface area contributed by atoms with Crippen molar-refractivity contribution < 1.29 is 14.1 Å². The fourth-order valence-corrected chi connectivity index (χ4v) is 2.18. The van der Waals surface area contributed by atoms with Gasteiger partial charge in [0.25, 0.3) is 11.7 Å². The van der Waals surface area contributed by atoms with Gasteiger partial charge in [0.15, 0.2) is 0 Å². The number of rotatable bonds is 6. The maximum absolute atomic E-state index is 12.3. The number of nitrogens with one attached hydrogen (secondary N) is 1. The van der Waals surface area contributed by atoms with E-state index in [1.54, 1.807) is 18.9 Å². The van der Waals surface area contributed by atoms with Gasteiger partial charge in [-0.05, 0) is 19.4 Å². The molecule has 1 aromatic rings. The Kier molecular flexibility index (Phi) is 4.86. The van der Waals surface area contributed by atoms with E-state index in [-0.39, 0.29) is 11.7 Å². The van der Waals surface area contributed by atoms with Gasteiger partial charge < -0.3 is 19.5 Å². The van der Waals surface area contributed by atoms with Crippen LogP contribution in [0.3, 0.4) is 0 Å². The largest absolute Gasteiger partial charge is 0.383 e. The number of hydrogen-bond donors (Lipinski definition) is 1. The molecule has 1 saturated heterocycles. The number of ether oxygens (including phenoxy) is 1. The third kappa shape index (κ3) is 3.74. The quantitative estimate of drug-likeness (QED) is 0.795. The Morgan fingerprint density at radius 2 is 2.47 bits per heavy atom. The van der Waals surface area contributed by atoms with Crippen molar-refractivity contribution in [1.82, 2.24) is 20.4 Å². The molecule has 1 atom stereocenters. The number of carbonyl (C=O) groups is 1. The molecule has 2 rings (SSSR count). The van der Waals surface area contributed by atoms with Crippen LogP contribution >= 0.6 is 0 Å². The fourth-order valence-electron chi connectivity index (χ4n) is 2.18. The van der Waals surface area contributed by atoms with Crippen LogP contribution < -0.4 is 5.32 Å². The Bertz CT molecular complexity index is 415. The van der Waals surface area contributed by atoms with Crippen molar-refractivity contribution in [2.45, 2.75) is 25.8 Å². The Hall–Kier alpha value is -1.47. The maximum Gasteiger partial charge on any atom is 0.295 e. The fraction of sp³-hybridized carbons (Fsp3) is 0.750. The van der Waals surface area contributed by atoms with Gasteiger partial charge in [-0.1, -0.05) is 5.16 Å². The van der Waals surface area contributed by atoms with Crippen molar-refractivity contribution in [2.24, 2.45) is 0 Å². The molecule has 0 aromatic carbocycles. The first-order valence-electron chi connectivity index (χ1n) is 6.52. The van der Waals surface area contributed by atoms with E-state index in [0.29, 0.717) is 31.6 Å². The standard InChI is InChI=1S/C12H20N4O3/c1-9-14-11(15-19-9)12(17)16(6-7-18-2)8-10-4-3-5-13-10/h10,13H,3-8H2,1-2H3. The third-order valence-electron chi connectivity index (χ3n) is 3.17. The molecule has 1 aliphatic rings. The molecular weight excluding hydrogens is 248 g/mol. The molecule has 1 aliphatic heterocycles. The molecule has 1 unspecified atom stereocenters. The zero-order valence-corrected chi connectivity index (χ0v) is 11.4. The first-order chi connectivity index (χ1) is 9.20. The molecule has 0 saturated carbocycles. The van der Waals surface area contributed by atoms with E-state index in [9.17, 15) is 4.79 Å². The van der Waals surface area contributed by atoms with Crippen molar-refractivity contribution >= 4 is 5.91 Å². The van der Waals surface area contributed by atoms with Gasteiger partial charge in [0.2, 0.25) is 5.89 Å². The van der Waals surface area contributed by atoms with Crippen LogP contribution in [0.2, 0.25) is 0 Å². The Morgan fingerprint density at radius 1 is 1.63 bits per heavy atom. The second kappa shape index (κ2) is 6.63. The van der Waals surface area contributed by atoms with Crippen molar-refractivity contribution in [3.8, 4) is 0 Å². The zero-order valence-electron chi connectivity index (χ0n) is 11.4. The number of nitrogens with zero attached hydrogens (tertiary/aromatic N) is 3. The van der Waals surface area contributed by atoms with Gasteiger partial charge in [-0.3, -0.25) is 4.79 Å². The van der Waals surface area contributed by atoms with Gasteiger partial charge in [0, 0.05) is 33.2 Å². The topological polar surface area (TPSA) is 80.5 Å². The minimum Gasteiger partial charge on any atom is -0.383 e. The van der Waals surface area contributed by atoms with Gasteiger partial charge >= 0.3 is 0 Å². The normalized spacial score (nSPS) is 18.7. The smallest absolute Gasteiger partial charge is 0.295 e. The molecule has 0 spiro atoms. The predicted molar refractivity (Wildman–Crippen MR) is 67.8 cm³/mol.